The molecule has 9 nitrogen and oxygen atoms in total. The van der Waals surface area contributed by atoms with E-state index in [1.165, 1.54) is 24.3 Å². The van der Waals surface area contributed by atoms with Crippen molar-refractivity contribution < 1.29 is 32.9 Å². The summed E-state index contributed by atoms with van der Waals surface area (Å²) in [5.41, 5.74) is 1.79. The van der Waals surface area contributed by atoms with Crippen LogP contribution in [0.3, 0.4) is 0 Å². The molecule has 0 radical (unpaired) electrons. The summed E-state index contributed by atoms with van der Waals surface area (Å²) in [6.45, 7) is 3.21. The number of aromatic nitrogens is 3. The molecule has 0 aliphatic carbocycles. The fraction of sp³-hybridized carbons (Fsp3) is 0.367. The van der Waals surface area contributed by atoms with Gasteiger partial charge in [-0.3, -0.25) is 4.90 Å². The van der Waals surface area contributed by atoms with Crippen molar-refractivity contribution in [3.8, 4) is 11.6 Å². The van der Waals surface area contributed by atoms with Crippen LogP contribution in [0.25, 0.3) is 11.0 Å². The second-order valence-electron chi connectivity index (χ2n) is 10.5. The Morgan fingerprint density at radius 2 is 1.86 bits per heavy atom. The molecular weight excluding hydrogens is 570 g/mol. The van der Waals surface area contributed by atoms with Crippen LogP contribution >= 0.6 is 11.6 Å². The number of carboxylic acids is 1. The first-order valence-electron chi connectivity index (χ1n) is 13.8. The first kappa shape index (κ1) is 28.3. The lowest BCUT2D eigenvalue weighted by Crippen LogP contribution is -2.39. The van der Waals surface area contributed by atoms with Crippen LogP contribution < -0.4 is 9.47 Å². The molecule has 2 aliphatic heterocycles. The largest absolute Gasteiger partial charge is 0.484 e. The van der Waals surface area contributed by atoms with Crippen molar-refractivity contribution in [2.45, 2.75) is 51.2 Å². The van der Waals surface area contributed by atoms with Gasteiger partial charge in [-0.25, -0.2) is 23.5 Å². The van der Waals surface area contributed by atoms with Gasteiger partial charge in [0.2, 0.25) is 5.88 Å². The van der Waals surface area contributed by atoms with Crippen LogP contribution in [0.5, 0.6) is 11.6 Å². The highest BCUT2D eigenvalue weighted by Gasteiger charge is 2.26. The first-order chi connectivity index (χ1) is 20.3. The smallest absolute Gasteiger partial charge is 0.335 e. The number of imidazole rings is 1. The van der Waals surface area contributed by atoms with E-state index in [1.807, 2.05) is 0 Å². The lowest BCUT2D eigenvalue weighted by Gasteiger charge is -2.32. The number of likely N-dealkylation sites (tertiary alicyclic amines) is 1. The third-order valence-electron chi connectivity index (χ3n) is 7.59. The minimum atomic E-state index is -0.973. The van der Waals surface area contributed by atoms with Crippen LogP contribution in [0.2, 0.25) is 5.02 Å². The fourth-order valence-corrected chi connectivity index (χ4v) is 5.35. The highest BCUT2D eigenvalue weighted by atomic mass is 35.5. The number of halogens is 3. The van der Waals surface area contributed by atoms with Gasteiger partial charge >= 0.3 is 5.97 Å². The van der Waals surface area contributed by atoms with E-state index in [0.717, 1.165) is 61.9 Å². The highest BCUT2D eigenvalue weighted by molar-refractivity contribution is 6.30. The highest BCUT2D eigenvalue weighted by Crippen LogP contribution is 2.26. The average molecular weight is 599 g/mol. The number of hydrogen-bond donors (Lipinski definition) is 1. The van der Waals surface area contributed by atoms with Crippen molar-refractivity contribution in [3.63, 3.8) is 0 Å². The van der Waals surface area contributed by atoms with E-state index in [9.17, 15) is 18.7 Å². The average Bonchev–Trinajstić information content (AvgIpc) is 3.28. The molecule has 0 saturated carbocycles. The summed E-state index contributed by atoms with van der Waals surface area (Å²) < 4.78 is 47.6. The van der Waals surface area contributed by atoms with E-state index in [0.29, 0.717) is 13.1 Å². The molecule has 0 unspecified atom stereocenters. The fourth-order valence-electron chi connectivity index (χ4n) is 5.19. The Morgan fingerprint density at radius 3 is 2.57 bits per heavy atom. The Kier molecular flexibility index (Phi) is 8.23. The zero-order chi connectivity index (χ0) is 29.2. The summed E-state index contributed by atoms with van der Waals surface area (Å²) in [4.78, 5) is 22.9. The molecule has 42 heavy (non-hydrogen) atoms. The van der Waals surface area contributed by atoms with Gasteiger partial charge < -0.3 is 23.9 Å². The Hall–Kier alpha value is -3.80. The van der Waals surface area contributed by atoms with Crippen molar-refractivity contribution in [2.75, 3.05) is 19.7 Å². The second-order valence-corrected chi connectivity index (χ2v) is 10.9. The Bertz CT molecular complexity index is 1600. The van der Waals surface area contributed by atoms with Crippen LogP contribution in [-0.4, -0.2) is 62.4 Å². The molecule has 4 aromatic rings. The molecule has 1 atom stereocenters. The van der Waals surface area contributed by atoms with Gasteiger partial charge in [0, 0.05) is 30.8 Å². The predicted octanol–water partition coefficient (Wildman–Crippen LogP) is 5.47. The molecule has 2 aliphatic rings. The quantitative estimate of drug-likeness (QED) is 0.257. The number of ether oxygens (including phenoxy) is 3. The summed E-state index contributed by atoms with van der Waals surface area (Å²) in [7, 11) is 0. The van der Waals surface area contributed by atoms with Crippen LogP contribution in [0.15, 0.2) is 48.5 Å². The van der Waals surface area contributed by atoms with Crippen LogP contribution in [0.1, 0.15) is 41.1 Å². The maximum atomic E-state index is 14.4. The summed E-state index contributed by atoms with van der Waals surface area (Å²) in [6, 6.07) is 11.7. The van der Waals surface area contributed by atoms with Crippen molar-refractivity contribution >= 4 is 28.6 Å². The number of piperidine rings is 1. The van der Waals surface area contributed by atoms with Gasteiger partial charge in [0.05, 0.1) is 35.8 Å². The number of nitrogens with zero attached hydrogens (tertiary/aromatic N) is 4. The topological polar surface area (TPSA) is 98.9 Å². The molecule has 6 rings (SSSR count). The second kappa shape index (κ2) is 12.2. The normalized spacial score (nSPS) is 17.7. The van der Waals surface area contributed by atoms with Crippen molar-refractivity contribution in [2.24, 2.45) is 0 Å². The summed E-state index contributed by atoms with van der Waals surface area (Å²) in [5.74, 6) is -1.09. The maximum Gasteiger partial charge on any atom is 0.335 e. The molecule has 2 aromatic heterocycles. The number of rotatable bonds is 10. The van der Waals surface area contributed by atoms with Crippen molar-refractivity contribution in [1.82, 2.24) is 19.4 Å². The minimum absolute atomic E-state index is 0.0136. The Balaban J connectivity index is 1.08. The van der Waals surface area contributed by atoms with Gasteiger partial charge in [-0.1, -0.05) is 11.6 Å². The van der Waals surface area contributed by atoms with Gasteiger partial charge in [0.25, 0.3) is 0 Å². The van der Waals surface area contributed by atoms with E-state index in [1.54, 1.807) is 18.2 Å². The standard InChI is InChI=1S/C30H29ClF2N4O5/c31-19-2-5-27(23(33)14-19)41-17-25-22(32)3-6-29(35-25)42-20-7-10-36(11-8-20)16-28-34-24-4-1-18(30(38)39)13-26(24)37(28)15-21-9-12-40-21/h1-6,13-14,20-21H,7-12,15-17H2,(H,38,39)/t21-/m0/s1. The number of fused-ring (bicyclic) bond motifs is 1. The van der Waals surface area contributed by atoms with E-state index in [4.69, 9.17) is 30.8 Å². The van der Waals surface area contributed by atoms with E-state index in [2.05, 4.69) is 14.5 Å². The van der Waals surface area contributed by atoms with Gasteiger partial charge in [-0.05, 0) is 61.7 Å². The molecular formula is C30H29ClF2N4O5. The van der Waals surface area contributed by atoms with Crippen molar-refractivity contribution in [1.29, 1.82) is 0 Å². The number of benzene rings is 2. The molecule has 2 aromatic carbocycles. The lowest BCUT2D eigenvalue weighted by molar-refractivity contribution is -0.0592. The first-order valence-corrected chi connectivity index (χ1v) is 14.2. The molecule has 1 N–H and O–H groups in total. The van der Waals surface area contributed by atoms with Gasteiger partial charge in [-0.2, -0.15) is 0 Å². The lowest BCUT2D eigenvalue weighted by atomic mass is 10.1. The maximum absolute atomic E-state index is 14.4. The summed E-state index contributed by atoms with van der Waals surface area (Å²) >= 11 is 5.77. The molecule has 12 heteroatoms. The van der Waals surface area contributed by atoms with E-state index >= 15 is 0 Å². The molecule has 4 heterocycles. The van der Waals surface area contributed by atoms with Crippen LogP contribution in [0.4, 0.5) is 8.78 Å². The van der Waals surface area contributed by atoms with E-state index in [-0.39, 0.29) is 46.7 Å². The molecule has 2 saturated heterocycles. The van der Waals surface area contributed by atoms with Gasteiger partial charge in [0.1, 0.15) is 30.0 Å². The number of carboxylic acid groups (broad SMARTS) is 1. The van der Waals surface area contributed by atoms with Gasteiger partial charge in [-0.15, -0.1) is 0 Å². The minimum Gasteiger partial charge on any atom is -0.484 e. The van der Waals surface area contributed by atoms with E-state index < -0.39 is 17.6 Å². The third-order valence-corrected chi connectivity index (χ3v) is 7.83. The summed E-state index contributed by atoms with van der Waals surface area (Å²) in [5, 5.41) is 9.71. The monoisotopic (exact) mass is 598 g/mol. The molecule has 220 valence electrons. The number of aromatic carboxylic acids is 1. The number of pyridine rings is 1. The molecule has 0 amide bonds. The Morgan fingerprint density at radius 1 is 1.05 bits per heavy atom. The predicted molar refractivity (Wildman–Crippen MR) is 150 cm³/mol. The van der Waals surface area contributed by atoms with Crippen LogP contribution in [0, 0.1) is 11.6 Å². The summed E-state index contributed by atoms with van der Waals surface area (Å²) in [6.07, 6.45) is 2.41. The molecule has 0 spiro atoms. The van der Waals surface area contributed by atoms with Crippen molar-refractivity contribution in [3.05, 3.63) is 82.3 Å². The van der Waals surface area contributed by atoms with Gasteiger partial charge in [0.15, 0.2) is 11.6 Å². The number of hydrogen-bond acceptors (Lipinski definition) is 7. The number of carbonyl (C=O) groups is 1. The molecule has 0 bridgehead atoms. The Labute approximate surface area is 245 Å². The van der Waals surface area contributed by atoms with Crippen LogP contribution in [-0.2, 0) is 24.4 Å². The molecule has 2 fully saturated rings. The third kappa shape index (κ3) is 6.33. The SMILES string of the molecule is O=C(O)c1ccc2nc(CN3CCC(Oc4ccc(F)c(COc5ccc(Cl)cc5F)n4)CC3)n(C[C@@H]3CCO3)c2c1. The zero-order valence-corrected chi connectivity index (χ0v) is 23.4. The zero-order valence-electron chi connectivity index (χ0n) is 22.6.